The molecule has 0 spiro atoms. The molecule has 16 heavy (non-hydrogen) atoms. The van der Waals surface area contributed by atoms with Gasteiger partial charge in [-0.3, -0.25) is 9.54 Å². The van der Waals surface area contributed by atoms with Crippen molar-refractivity contribution in [3.63, 3.8) is 0 Å². The van der Waals surface area contributed by atoms with E-state index in [0.29, 0.717) is 0 Å². The molecule has 1 aromatic heterocycles. The van der Waals surface area contributed by atoms with Gasteiger partial charge in [-0.2, -0.15) is 21.6 Å². The summed E-state index contributed by atoms with van der Waals surface area (Å²) in [6, 6.07) is 4.05. The number of nitrogens with zero attached hydrogens (tertiary/aromatic N) is 1. The minimum absolute atomic E-state index is 1.09. The van der Waals surface area contributed by atoms with Gasteiger partial charge in [0.1, 0.15) is 0 Å². The molecular formula is C8H10F3NO3S. The lowest BCUT2D eigenvalue weighted by Gasteiger charge is -1.97. The summed E-state index contributed by atoms with van der Waals surface area (Å²) in [7, 11) is -5.84. The molecule has 0 saturated carbocycles. The Bertz CT molecular complexity index is 425. The van der Waals surface area contributed by atoms with Gasteiger partial charge in [0.05, 0.1) is 0 Å². The number of pyridine rings is 1. The van der Waals surface area contributed by atoms with E-state index in [1.165, 1.54) is 5.56 Å². The predicted octanol–water partition coefficient (Wildman–Crippen LogP) is 2.09. The van der Waals surface area contributed by atoms with Crippen molar-refractivity contribution in [2.24, 2.45) is 0 Å². The maximum atomic E-state index is 10.7. The summed E-state index contributed by atoms with van der Waals surface area (Å²) in [5.74, 6) is 0. The minimum atomic E-state index is -5.84. The van der Waals surface area contributed by atoms with Crippen LogP contribution >= 0.6 is 0 Å². The van der Waals surface area contributed by atoms with Gasteiger partial charge in [0.2, 0.25) is 0 Å². The fourth-order valence-electron chi connectivity index (χ4n) is 0.687. The van der Waals surface area contributed by atoms with Gasteiger partial charge in [-0.05, 0) is 31.5 Å². The second-order valence-corrected chi connectivity index (χ2v) is 4.31. The van der Waals surface area contributed by atoms with Crippen molar-refractivity contribution in [2.75, 3.05) is 0 Å². The Balaban J connectivity index is 0.000000281. The lowest BCUT2D eigenvalue weighted by molar-refractivity contribution is -0.0510. The second-order valence-electron chi connectivity index (χ2n) is 2.90. The third kappa shape index (κ3) is 5.66. The van der Waals surface area contributed by atoms with Gasteiger partial charge in [0, 0.05) is 11.9 Å². The Kier molecular flexibility index (Phi) is 4.88. The molecule has 0 bridgehead atoms. The molecule has 0 aliphatic rings. The molecule has 0 unspecified atom stereocenters. The standard InChI is InChI=1S/C7H9N.CHF3O3S/c1-6-3-4-8-7(2)5-6;2-1(3,4)8(5,6)7/h3-5H,1-2H3;(H,5,6,7). The Morgan fingerprint density at radius 1 is 1.31 bits per heavy atom. The van der Waals surface area contributed by atoms with E-state index in [0.717, 1.165) is 5.69 Å². The molecule has 0 aliphatic carbocycles. The molecule has 92 valence electrons. The highest BCUT2D eigenvalue weighted by atomic mass is 32.2. The van der Waals surface area contributed by atoms with Crippen LogP contribution in [0.5, 0.6) is 0 Å². The summed E-state index contributed by atoms with van der Waals surface area (Å²) < 4.78 is 57.5. The Labute approximate surface area is 90.9 Å². The topological polar surface area (TPSA) is 67.3 Å². The van der Waals surface area contributed by atoms with Crippen molar-refractivity contribution in [2.45, 2.75) is 19.4 Å². The van der Waals surface area contributed by atoms with Gasteiger partial charge in [0.25, 0.3) is 0 Å². The molecule has 1 aromatic rings. The summed E-state index contributed by atoms with van der Waals surface area (Å²) in [6.45, 7) is 4.06. The van der Waals surface area contributed by atoms with E-state index in [-0.39, 0.29) is 0 Å². The molecular weight excluding hydrogens is 247 g/mol. The molecule has 8 heteroatoms. The number of hydrogen-bond donors (Lipinski definition) is 1. The fourth-order valence-corrected chi connectivity index (χ4v) is 0.687. The van der Waals surface area contributed by atoms with Crippen molar-refractivity contribution >= 4 is 10.1 Å². The SMILES string of the molecule is Cc1ccnc(C)c1.O=S(=O)(O)C(F)(F)F. The zero-order valence-electron chi connectivity index (χ0n) is 8.49. The largest absolute Gasteiger partial charge is 0.522 e. The third-order valence-electron chi connectivity index (χ3n) is 1.34. The summed E-state index contributed by atoms with van der Waals surface area (Å²) in [6.07, 6.45) is 1.82. The summed E-state index contributed by atoms with van der Waals surface area (Å²) in [5, 5.41) is 0. The molecule has 0 amide bonds. The van der Waals surface area contributed by atoms with Crippen LogP contribution in [0.1, 0.15) is 11.3 Å². The van der Waals surface area contributed by atoms with E-state index in [2.05, 4.69) is 18.0 Å². The number of halogens is 3. The van der Waals surface area contributed by atoms with E-state index >= 15 is 0 Å². The molecule has 0 atom stereocenters. The van der Waals surface area contributed by atoms with E-state index in [1.54, 1.807) is 0 Å². The summed E-state index contributed by atoms with van der Waals surface area (Å²) in [4.78, 5) is 4.04. The van der Waals surface area contributed by atoms with Crippen molar-refractivity contribution in [1.82, 2.24) is 4.98 Å². The van der Waals surface area contributed by atoms with E-state index in [9.17, 15) is 13.2 Å². The van der Waals surface area contributed by atoms with Crippen LogP contribution in [0, 0.1) is 13.8 Å². The molecule has 0 aliphatic heterocycles. The van der Waals surface area contributed by atoms with Crippen LogP contribution in [0.4, 0.5) is 13.2 Å². The fraction of sp³-hybridized carbons (Fsp3) is 0.375. The van der Waals surface area contributed by atoms with Crippen molar-refractivity contribution < 1.29 is 26.1 Å². The van der Waals surface area contributed by atoms with Crippen LogP contribution in [0.15, 0.2) is 18.3 Å². The van der Waals surface area contributed by atoms with Crippen LogP contribution < -0.4 is 0 Å². The first kappa shape index (κ1) is 14.8. The first-order valence-corrected chi connectivity index (χ1v) is 5.41. The predicted molar refractivity (Wildman–Crippen MR) is 51.3 cm³/mol. The second kappa shape index (κ2) is 5.26. The van der Waals surface area contributed by atoms with Gasteiger partial charge in [-0.25, -0.2) is 0 Å². The maximum absolute atomic E-state index is 10.7. The van der Waals surface area contributed by atoms with Crippen molar-refractivity contribution in [1.29, 1.82) is 0 Å². The van der Waals surface area contributed by atoms with Crippen molar-refractivity contribution in [3.8, 4) is 0 Å². The first-order chi connectivity index (χ1) is 7.04. The van der Waals surface area contributed by atoms with E-state index in [4.69, 9.17) is 13.0 Å². The highest BCUT2D eigenvalue weighted by molar-refractivity contribution is 7.86. The number of alkyl halides is 3. The van der Waals surface area contributed by atoms with Crippen molar-refractivity contribution in [3.05, 3.63) is 29.6 Å². The average Bonchev–Trinajstić information content (AvgIpc) is 2.00. The third-order valence-corrected chi connectivity index (χ3v) is 1.93. The summed E-state index contributed by atoms with van der Waals surface area (Å²) in [5.41, 5.74) is -3.17. The molecule has 1 heterocycles. The molecule has 1 N–H and O–H groups in total. The van der Waals surface area contributed by atoms with Crippen LogP contribution in [0.2, 0.25) is 0 Å². The lowest BCUT2D eigenvalue weighted by atomic mass is 10.3. The first-order valence-electron chi connectivity index (χ1n) is 3.97. The normalized spacial score (nSPS) is 11.6. The van der Waals surface area contributed by atoms with Gasteiger partial charge in [-0.1, -0.05) is 0 Å². The van der Waals surface area contributed by atoms with Crippen LogP contribution in [-0.4, -0.2) is 23.5 Å². The Morgan fingerprint density at radius 2 is 1.75 bits per heavy atom. The highest BCUT2D eigenvalue weighted by Gasteiger charge is 2.44. The minimum Gasteiger partial charge on any atom is -0.279 e. The zero-order valence-corrected chi connectivity index (χ0v) is 9.30. The molecule has 1 rings (SSSR count). The monoisotopic (exact) mass is 257 g/mol. The maximum Gasteiger partial charge on any atom is 0.522 e. The molecule has 0 radical (unpaired) electrons. The van der Waals surface area contributed by atoms with Crippen LogP contribution in [-0.2, 0) is 10.1 Å². The molecule has 0 aromatic carbocycles. The highest BCUT2D eigenvalue weighted by Crippen LogP contribution is 2.20. The Hall–Kier alpha value is -1.15. The number of rotatable bonds is 0. The molecule has 4 nitrogen and oxygen atoms in total. The van der Waals surface area contributed by atoms with Gasteiger partial charge < -0.3 is 0 Å². The van der Waals surface area contributed by atoms with Gasteiger partial charge in [0.15, 0.2) is 0 Å². The van der Waals surface area contributed by atoms with Gasteiger partial charge >= 0.3 is 15.6 Å². The number of aromatic nitrogens is 1. The van der Waals surface area contributed by atoms with E-state index in [1.807, 2.05) is 19.2 Å². The van der Waals surface area contributed by atoms with E-state index < -0.39 is 15.6 Å². The smallest absolute Gasteiger partial charge is 0.279 e. The average molecular weight is 257 g/mol. The molecule has 0 fully saturated rings. The lowest BCUT2D eigenvalue weighted by Crippen LogP contribution is -2.21. The zero-order chi connectivity index (χ0) is 13.0. The number of aryl methyl sites for hydroxylation is 2. The quantitative estimate of drug-likeness (QED) is 0.571. The molecule has 0 saturated heterocycles. The Morgan fingerprint density at radius 3 is 1.94 bits per heavy atom. The summed E-state index contributed by atoms with van der Waals surface area (Å²) >= 11 is 0. The van der Waals surface area contributed by atoms with Crippen LogP contribution in [0.25, 0.3) is 0 Å². The van der Waals surface area contributed by atoms with Gasteiger partial charge in [-0.15, -0.1) is 0 Å². The number of hydrogen-bond acceptors (Lipinski definition) is 3. The van der Waals surface area contributed by atoms with Crippen LogP contribution in [0.3, 0.4) is 0 Å².